The number of carbonyl (C=O) groups excluding carboxylic acids is 1. The van der Waals surface area contributed by atoms with E-state index in [1.165, 1.54) is 12.8 Å². The van der Waals surface area contributed by atoms with Crippen molar-refractivity contribution in [3.05, 3.63) is 36.0 Å². The van der Waals surface area contributed by atoms with E-state index in [2.05, 4.69) is 24.4 Å². The van der Waals surface area contributed by atoms with Gasteiger partial charge in [-0.25, -0.2) is 0 Å². The van der Waals surface area contributed by atoms with Crippen LogP contribution in [0.1, 0.15) is 49.1 Å². The predicted molar refractivity (Wildman–Crippen MR) is 77.5 cm³/mol. The summed E-state index contributed by atoms with van der Waals surface area (Å²) in [5, 5.41) is 4.75. The number of carbonyl (C=O) groups is 1. The van der Waals surface area contributed by atoms with Crippen LogP contribution in [0.2, 0.25) is 0 Å². The van der Waals surface area contributed by atoms with E-state index in [1.54, 1.807) is 0 Å². The molecule has 100 valence electrons. The van der Waals surface area contributed by atoms with Crippen molar-refractivity contribution in [2.75, 3.05) is 6.54 Å². The van der Waals surface area contributed by atoms with Crippen molar-refractivity contribution in [1.82, 2.24) is 9.88 Å². The summed E-state index contributed by atoms with van der Waals surface area (Å²) in [6, 6.07) is 10.6. The van der Waals surface area contributed by atoms with Crippen LogP contribution < -0.4 is 5.32 Å². The summed E-state index contributed by atoms with van der Waals surface area (Å²) in [6.07, 6.45) is 3.93. The van der Waals surface area contributed by atoms with Gasteiger partial charge >= 0.3 is 0 Å². The maximum absolute atomic E-state index is 12.2. The molecule has 3 nitrogen and oxygen atoms in total. The Hall–Kier alpha value is -1.61. The molecule has 0 spiro atoms. The van der Waals surface area contributed by atoms with Gasteiger partial charge in [-0.15, -0.1) is 0 Å². The maximum Gasteiger partial charge on any atom is 0.231 e. The van der Waals surface area contributed by atoms with Crippen LogP contribution in [0.5, 0.6) is 0 Å². The lowest BCUT2D eigenvalue weighted by Gasteiger charge is -2.25. The summed E-state index contributed by atoms with van der Waals surface area (Å²) in [6.45, 7) is 3.22. The monoisotopic (exact) mass is 256 g/mol. The topological polar surface area (TPSA) is 34.0 Å². The molecule has 2 aromatic rings. The van der Waals surface area contributed by atoms with Crippen molar-refractivity contribution >= 4 is 16.8 Å². The van der Waals surface area contributed by atoms with Crippen LogP contribution in [-0.2, 0) is 0 Å². The summed E-state index contributed by atoms with van der Waals surface area (Å²) in [4.78, 5) is 12.2. The Balaban J connectivity index is 1.98. The number of rotatable bonds is 4. The lowest BCUT2D eigenvalue weighted by molar-refractivity contribution is 0.0876. The molecule has 0 saturated heterocycles. The minimum Gasteiger partial charge on any atom is -0.309 e. The second-order valence-electron chi connectivity index (χ2n) is 5.26. The predicted octanol–water partition coefficient (Wildman–Crippen LogP) is 3.51. The van der Waals surface area contributed by atoms with Crippen LogP contribution in [0, 0.1) is 0 Å². The Morgan fingerprint density at radius 1 is 1.37 bits per heavy atom. The number of nitrogens with one attached hydrogen (secondary N) is 1. The Morgan fingerprint density at radius 2 is 2.21 bits per heavy atom. The van der Waals surface area contributed by atoms with Gasteiger partial charge in [0.2, 0.25) is 5.91 Å². The SMILES string of the molecule is CCCCNC1CCC(=O)n2c1cc1ccccc12. The number of para-hydroxylation sites is 1. The lowest BCUT2D eigenvalue weighted by atomic mass is 10.0. The Labute approximate surface area is 113 Å². The largest absolute Gasteiger partial charge is 0.309 e. The van der Waals surface area contributed by atoms with Crippen molar-refractivity contribution in [2.45, 2.75) is 38.6 Å². The molecule has 1 aromatic heterocycles. The lowest BCUT2D eigenvalue weighted by Crippen LogP contribution is -2.31. The first kappa shape index (κ1) is 12.4. The molecule has 0 aliphatic carbocycles. The quantitative estimate of drug-likeness (QED) is 0.849. The minimum atomic E-state index is 0.227. The molecule has 3 rings (SSSR count). The molecular weight excluding hydrogens is 236 g/mol. The molecule has 1 aliphatic rings. The van der Waals surface area contributed by atoms with Gasteiger partial charge in [-0.3, -0.25) is 9.36 Å². The van der Waals surface area contributed by atoms with Gasteiger partial charge < -0.3 is 5.32 Å². The average molecular weight is 256 g/mol. The Morgan fingerprint density at radius 3 is 3.05 bits per heavy atom. The van der Waals surface area contributed by atoms with E-state index in [0.717, 1.165) is 29.6 Å². The van der Waals surface area contributed by atoms with Crippen LogP contribution in [0.25, 0.3) is 10.9 Å². The van der Waals surface area contributed by atoms with Crippen molar-refractivity contribution in [3.63, 3.8) is 0 Å². The van der Waals surface area contributed by atoms with Crippen molar-refractivity contribution in [3.8, 4) is 0 Å². The van der Waals surface area contributed by atoms with Crippen LogP contribution in [0.15, 0.2) is 30.3 Å². The average Bonchev–Trinajstić information content (AvgIpc) is 2.82. The van der Waals surface area contributed by atoms with Gasteiger partial charge in [0, 0.05) is 23.5 Å². The van der Waals surface area contributed by atoms with E-state index in [9.17, 15) is 4.79 Å². The number of hydrogen-bond donors (Lipinski definition) is 1. The van der Waals surface area contributed by atoms with E-state index in [-0.39, 0.29) is 5.91 Å². The molecule has 0 fully saturated rings. The Kier molecular flexibility index (Phi) is 3.38. The highest BCUT2D eigenvalue weighted by Gasteiger charge is 2.26. The zero-order valence-electron chi connectivity index (χ0n) is 11.4. The second-order valence-corrected chi connectivity index (χ2v) is 5.26. The van der Waals surface area contributed by atoms with E-state index in [0.29, 0.717) is 12.5 Å². The van der Waals surface area contributed by atoms with Gasteiger partial charge in [0.25, 0.3) is 0 Å². The van der Waals surface area contributed by atoms with E-state index >= 15 is 0 Å². The van der Waals surface area contributed by atoms with Crippen LogP contribution in [0.3, 0.4) is 0 Å². The minimum absolute atomic E-state index is 0.227. The molecule has 1 unspecified atom stereocenters. The number of benzene rings is 1. The summed E-state index contributed by atoms with van der Waals surface area (Å²) in [5.41, 5.74) is 2.18. The zero-order chi connectivity index (χ0) is 13.2. The smallest absolute Gasteiger partial charge is 0.231 e. The number of fused-ring (bicyclic) bond motifs is 3. The molecule has 2 heterocycles. The van der Waals surface area contributed by atoms with Crippen LogP contribution in [0.4, 0.5) is 0 Å². The van der Waals surface area contributed by atoms with E-state index in [1.807, 2.05) is 22.8 Å². The summed E-state index contributed by atoms with van der Waals surface area (Å²) in [5.74, 6) is 0.227. The molecule has 0 bridgehead atoms. The molecule has 0 amide bonds. The van der Waals surface area contributed by atoms with Gasteiger partial charge in [0.1, 0.15) is 0 Å². The van der Waals surface area contributed by atoms with Gasteiger partial charge in [-0.1, -0.05) is 31.5 Å². The summed E-state index contributed by atoms with van der Waals surface area (Å²) in [7, 11) is 0. The highest BCUT2D eigenvalue weighted by Crippen LogP contribution is 2.31. The second kappa shape index (κ2) is 5.17. The zero-order valence-corrected chi connectivity index (χ0v) is 11.4. The third-order valence-electron chi connectivity index (χ3n) is 3.91. The van der Waals surface area contributed by atoms with Crippen LogP contribution in [-0.4, -0.2) is 17.0 Å². The fourth-order valence-electron chi connectivity index (χ4n) is 2.90. The van der Waals surface area contributed by atoms with E-state index in [4.69, 9.17) is 0 Å². The fraction of sp³-hybridized carbons (Fsp3) is 0.438. The molecule has 0 radical (unpaired) electrons. The first-order chi connectivity index (χ1) is 9.31. The van der Waals surface area contributed by atoms with E-state index < -0.39 is 0 Å². The number of nitrogens with zero attached hydrogens (tertiary/aromatic N) is 1. The third kappa shape index (κ3) is 2.19. The third-order valence-corrected chi connectivity index (χ3v) is 3.91. The van der Waals surface area contributed by atoms with Crippen molar-refractivity contribution < 1.29 is 4.79 Å². The molecular formula is C16H20N2O. The first-order valence-electron chi connectivity index (χ1n) is 7.18. The standard InChI is InChI=1S/C16H20N2O/c1-2-3-10-17-13-8-9-16(19)18-14-7-5-4-6-12(14)11-15(13)18/h4-7,11,13,17H,2-3,8-10H2,1H3. The normalized spacial score (nSPS) is 18.8. The van der Waals surface area contributed by atoms with Gasteiger partial charge in [-0.05, 0) is 31.5 Å². The molecule has 1 aromatic carbocycles. The van der Waals surface area contributed by atoms with Crippen molar-refractivity contribution in [1.29, 1.82) is 0 Å². The fourth-order valence-corrected chi connectivity index (χ4v) is 2.90. The first-order valence-corrected chi connectivity index (χ1v) is 7.18. The van der Waals surface area contributed by atoms with Gasteiger partial charge in [0.15, 0.2) is 0 Å². The molecule has 19 heavy (non-hydrogen) atoms. The van der Waals surface area contributed by atoms with Gasteiger partial charge in [-0.2, -0.15) is 0 Å². The number of unbranched alkanes of at least 4 members (excludes halogenated alkanes) is 1. The van der Waals surface area contributed by atoms with Crippen LogP contribution >= 0.6 is 0 Å². The summed E-state index contributed by atoms with van der Waals surface area (Å²) < 4.78 is 1.91. The number of aromatic nitrogens is 1. The highest BCUT2D eigenvalue weighted by molar-refractivity contribution is 5.94. The molecule has 3 heteroatoms. The maximum atomic E-state index is 12.2. The molecule has 0 saturated carbocycles. The molecule has 1 atom stereocenters. The van der Waals surface area contributed by atoms with Gasteiger partial charge in [0.05, 0.1) is 5.52 Å². The number of hydrogen-bond acceptors (Lipinski definition) is 2. The highest BCUT2D eigenvalue weighted by atomic mass is 16.2. The Bertz CT molecular complexity index is 600. The molecule has 1 aliphatic heterocycles. The molecule has 1 N–H and O–H groups in total. The van der Waals surface area contributed by atoms with Crippen molar-refractivity contribution in [2.24, 2.45) is 0 Å². The summed E-state index contributed by atoms with van der Waals surface area (Å²) >= 11 is 0.